The average molecular weight is 399 g/mol. The number of hydrogen-bond acceptors (Lipinski definition) is 8. The van der Waals surface area contributed by atoms with Crippen LogP contribution in [0.15, 0.2) is 54.2 Å². The lowest BCUT2D eigenvalue weighted by Gasteiger charge is -2.11. The zero-order valence-corrected chi connectivity index (χ0v) is 16.5. The Morgan fingerprint density at radius 2 is 1.52 bits per heavy atom. The number of rotatable bonds is 8. The van der Waals surface area contributed by atoms with Crippen LogP contribution in [0.1, 0.15) is 15.9 Å². The molecule has 0 bridgehead atoms. The molecule has 0 heterocycles. The summed E-state index contributed by atoms with van der Waals surface area (Å²) in [5, 5.41) is 2.77. The van der Waals surface area contributed by atoms with Gasteiger partial charge in [-0.25, -0.2) is 9.59 Å². The van der Waals surface area contributed by atoms with E-state index in [9.17, 15) is 14.4 Å². The lowest BCUT2D eigenvalue weighted by Crippen LogP contribution is -2.15. The Kier molecular flexibility index (Phi) is 7.36. The second-order valence-corrected chi connectivity index (χ2v) is 5.68. The van der Waals surface area contributed by atoms with Crippen LogP contribution in [-0.2, 0) is 19.1 Å². The first-order valence-corrected chi connectivity index (χ1v) is 8.45. The Bertz CT molecular complexity index is 950. The van der Waals surface area contributed by atoms with E-state index in [0.717, 1.165) is 6.08 Å². The number of benzene rings is 2. The molecule has 0 aliphatic heterocycles. The molecule has 0 fully saturated rings. The molecule has 2 aromatic rings. The van der Waals surface area contributed by atoms with E-state index < -0.39 is 11.9 Å². The molecule has 0 aliphatic carbocycles. The molecule has 0 spiro atoms. The van der Waals surface area contributed by atoms with Gasteiger partial charge in [0.2, 0.25) is 0 Å². The Morgan fingerprint density at radius 1 is 0.828 bits per heavy atom. The van der Waals surface area contributed by atoms with Gasteiger partial charge in [-0.2, -0.15) is 0 Å². The summed E-state index contributed by atoms with van der Waals surface area (Å²) in [5.74, 6) is -0.801. The van der Waals surface area contributed by atoms with Crippen LogP contribution in [0.3, 0.4) is 0 Å². The summed E-state index contributed by atoms with van der Waals surface area (Å²) in [6.45, 7) is 0. The molecule has 2 rings (SSSR count). The first-order chi connectivity index (χ1) is 13.9. The number of carbonyl (C=O) groups excluding carboxylic acids is 3. The highest BCUT2D eigenvalue weighted by molar-refractivity contribution is 6.10. The molecule has 1 N–H and O–H groups in total. The van der Waals surface area contributed by atoms with Crippen molar-refractivity contribution in [2.45, 2.75) is 0 Å². The van der Waals surface area contributed by atoms with Crippen molar-refractivity contribution in [3.63, 3.8) is 0 Å². The van der Waals surface area contributed by atoms with Gasteiger partial charge in [0.25, 0.3) is 0 Å². The molecule has 2 aromatic carbocycles. The van der Waals surface area contributed by atoms with Crippen molar-refractivity contribution in [3.8, 4) is 11.5 Å². The molecule has 0 amide bonds. The van der Waals surface area contributed by atoms with Gasteiger partial charge in [0.1, 0.15) is 5.70 Å². The monoisotopic (exact) mass is 399 g/mol. The van der Waals surface area contributed by atoms with Gasteiger partial charge in [-0.05, 0) is 30.3 Å². The summed E-state index contributed by atoms with van der Waals surface area (Å²) in [7, 11) is 5.37. The van der Waals surface area contributed by atoms with Crippen LogP contribution in [0.5, 0.6) is 11.5 Å². The molecular formula is C21H21NO7. The molecule has 0 radical (unpaired) electrons. The molecule has 8 heteroatoms. The maximum absolute atomic E-state index is 12.9. The van der Waals surface area contributed by atoms with Crippen LogP contribution in [0, 0.1) is 0 Å². The van der Waals surface area contributed by atoms with Crippen molar-refractivity contribution in [2.75, 3.05) is 33.8 Å². The van der Waals surface area contributed by atoms with Crippen LogP contribution >= 0.6 is 0 Å². The van der Waals surface area contributed by atoms with Gasteiger partial charge in [-0.3, -0.25) is 4.79 Å². The maximum Gasteiger partial charge on any atom is 0.354 e. The van der Waals surface area contributed by atoms with Crippen molar-refractivity contribution >= 4 is 23.4 Å². The summed E-state index contributed by atoms with van der Waals surface area (Å²) in [4.78, 5) is 36.2. The van der Waals surface area contributed by atoms with Crippen LogP contribution in [-0.4, -0.2) is 46.2 Å². The first kappa shape index (κ1) is 21.5. The Morgan fingerprint density at radius 3 is 2.14 bits per heavy atom. The first-order valence-electron chi connectivity index (χ1n) is 8.45. The summed E-state index contributed by atoms with van der Waals surface area (Å²) >= 11 is 0. The van der Waals surface area contributed by atoms with E-state index in [-0.39, 0.29) is 11.5 Å². The highest BCUT2D eigenvalue weighted by Crippen LogP contribution is 2.28. The van der Waals surface area contributed by atoms with Gasteiger partial charge in [0.05, 0.1) is 34.5 Å². The van der Waals surface area contributed by atoms with Crippen molar-refractivity contribution in [1.82, 2.24) is 0 Å². The topological polar surface area (TPSA) is 100 Å². The molecule has 0 atom stereocenters. The summed E-state index contributed by atoms with van der Waals surface area (Å²) in [6.07, 6.45) is 0.967. The normalized spacial score (nSPS) is 10.7. The lowest BCUT2D eigenvalue weighted by molar-refractivity contribution is -0.138. The zero-order chi connectivity index (χ0) is 21.4. The van der Waals surface area contributed by atoms with Gasteiger partial charge >= 0.3 is 11.9 Å². The van der Waals surface area contributed by atoms with Gasteiger partial charge in [-0.15, -0.1) is 0 Å². The molecular weight excluding hydrogens is 378 g/mol. The summed E-state index contributed by atoms with van der Waals surface area (Å²) in [5.41, 5.74) is 1.05. The number of esters is 2. The molecule has 0 saturated carbocycles. The third-order valence-corrected chi connectivity index (χ3v) is 3.92. The fraction of sp³-hybridized carbons (Fsp3) is 0.190. The van der Waals surface area contributed by atoms with Gasteiger partial charge in [0, 0.05) is 16.8 Å². The second kappa shape index (κ2) is 9.93. The second-order valence-electron chi connectivity index (χ2n) is 5.68. The predicted octanol–water partition coefficient (Wildman–Crippen LogP) is 2.58. The quantitative estimate of drug-likeness (QED) is 0.411. The Labute approximate surface area is 168 Å². The third kappa shape index (κ3) is 5.35. The zero-order valence-electron chi connectivity index (χ0n) is 16.5. The van der Waals surface area contributed by atoms with Crippen molar-refractivity contribution in [1.29, 1.82) is 0 Å². The molecule has 8 nitrogen and oxygen atoms in total. The van der Waals surface area contributed by atoms with E-state index >= 15 is 0 Å². The van der Waals surface area contributed by atoms with Gasteiger partial charge in [-0.1, -0.05) is 12.1 Å². The van der Waals surface area contributed by atoms with Crippen molar-refractivity contribution in [2.24, 2.45) is 0 Å². The van der Waals surface area contributed by atoms with E-state index in [0.29, 0.717) is 28.3 Å². The van der Waals surface area contributed by atoms with Crippen LogP contribution in [0.2, 0.25) is 0 Å². The third-order valence-electron chi connectivity index (χ3n) is 3.92. The molecule has 29 heavy (non-hydrogen) atoms. The molecule has 0 saturated heterocycles. The van der Waals surface area contributed by atoms with Crippen molar-refractivity contribution in [3.05, 3.63) is 65.4 Å². The van der Waals surface area contributed by atoms with Gasteiger partial charge in [0.15, 0.2) is 17.3 Å². The number of methoxy groups -OCH3 is 4. The van der Waals surface area contributed by atoms with Crippen molar-refractivity contribution < 1.29 is 33.3 Å². The number of hydrogen-bond donors (Lipinski definition) is 1. The maximum atomic E-state index is 12.9. The van der Waals surface area contributed by atoms with Gasteiger partial charge < -0.3 is 24.3 Å². The Hall–Kier alpha value is -3.81. The van der Waals surface area contributed by atoms with Crippen LogP contribution < -0.4 is 14.8 Å². The molecule has 0 aromatic heterocycles. The summed E-state index contributed by atoms with van der Waals surface area (Å²) in [6, 6.07) is 11.3. The molecule has 152 valence electrons. The van der Waals surface area contributed by atoms with Crippen LogP contribution in [0.25, 0.3) is 0 Å². The van der Waals surface area contributed by atoms with E-state index in [1.165, 1.54) is 28.4 Å². The Balaban J connectivity index is 2.33. The number of ketones is 1. The average Bonchev–Trinajstić information content (AvgIpc) is 2.76. The smallest absolute Gasteiger partial charge is 0.354 e. The number of ether oxygens (including phenoxy) is 4. The number of anilines is 1. The fourth-order valence-corrected chi connectivity index (χ4v) is 2.47. The predicted molar refractivity (Wildman–Crippen MR) is 105 cm³/mol. The highest BCUT2D eigenvalue weighted by Gasteiger charge is 2.16. The van der Waals surface area contributed by atoms with E-state index in [1.807, 2.05) is 0 Å². The van der Waals surface area contributed by atoms with Crippen LogP contribution in [0.4, 0.5) is 5.69 Å². The van der Waals surface area contributed by atoms with E-state index in [4.69, 9.17) is 9.47 Å². The number of nitrogens with one attached hydrogen (secondary N) is 1. The highest BCUT2D eigenvalue weighted by atomic mass is 16.5. The lowest BCUT2D eigenvalue weighted by atomic mass is 10.0. The molecule has 0 unspecified atom stereocenters. The minimum atomic E-state index is -0.757. The van der Waals surface area contributed by atoms with E-state index in [2.05, 4.69) is 14.8 Å². The SMILES string of the molecule is COC(=O)/C=C(/Nc1cccc(C(=O)c2ccc(OC)c(OC)c2)c1)C(=O)OC. The minimum absolute atomic E-state index is 0.130. The minimum Gasteiger partial charge on any atom is -0.493 e. The molecule has 0 aliphatic rings. The van der Waals surface area contributed by atoms with E-state index in [1.54, 1.807) is 42.5 Å². The summed E-state index contributed by atoms with van der Waals surface area (Å²) < 4.78 is 19.6. The fourth-order valence-electron chi connectivity index (χ4n) is 2.47. The largest absolute Gasteiger partial charge is 0.493 e. The standard InChI is InChI=1S/C21H21NO7/c1-26-17-9-8-14(11-18(17)27-2)20(24)13-6-5-7-15(10-13)22-16(21(25)29-4)12-19(23)28-3/h5-12,22H,1-4H3/b16-12+. The number of carbonyl (C=O) groups is 3.